The molecule has 4 rings (SSSR count). The first kappa shape index (κ1) is 16.9. The van der Waals surface area contributed by atoms with Gasteiger partial charge in [-0.1, -0.05) is 41.9 Å². The van der Waals surface area contributed by atoms with Gasteiger partial charge in [0.2, 0.25) is 5.91 Å². The van der Waals surface area contributed by atoms with Gasteiger partial charge in [0.1, 0.15) is 5.75 Å². The molecule has 0 unspecified atom stereocenters. The first-order chi connectivity index (χ1) is 12.5. The molecule has 2 atom stereocenters. The minimum atomic E-state index is -0.265. The van der Waals surface area contributed by atoms with Gasteiger partial charge in [-0.15, -0.1) is 0 Å². The van der Waals surface area contributed by atoms with Gasteiger partial charge >= 0.3 is 0 Å². The summed E-state index contributed by atoms with van der Waals surface area (Å²) < 4.78 is 0. The number of rotatable bonds is 2. The van der Waals surface area contributed by atoms with E-state index in [-0.39, 0.29) is 35.7 Å². The highest BCUT2D eigenvalue weighted by Crippen LogP contribution is 2.43. The van der Waals surface area contributed by atoms with Crippen molar-refractivity contribution in [2.75, 3.05) is 0 Å². The van der Waals surface area contributed by atoms with Crippen LogP contribution >= 0.6 is 11.6 Å². The fourth-order valence-electron chi connectivity index (χ4n) is 3.98. The summed E-state index contributed by atoms with van der Waals surface area (Å²) in [6.45, 7) is 0. The van der Waals surface area contributed by atoms with E-state index in [0.29, 0.717) is 29.1 Å². The van der Waals surface area contributed by atoms with Gasteiger partial charge in [-0.3, -0.25) is 9.59 Å². The van der Waals surface area contributed by atoms with Gasteiger partial charge < -0.3 is 10.4 Å². The third-order valence-electron chi connectivity index (χ3n) is 5.18. The Morgan fingerprint density at radius 1 is 0.962 bits per heavy atom. The number of aromatic hydroxyl groups is 1. The van der Waals surface area contributed by atoms with Crippen molar-refractivity contribution in [2.24, 2.45) is 0 Å². The Bertz CT molecular complexity index is 917. The van der Waals surface area contributed by atoms with Crippen LogP contribution in [0.3, 0.4) is 0 Å². The van der Waals surface area contributed by atoms with E-state index in [1.165, 1.54) is 0 Å². The van der Waals surface area contributed by atoms with E-state index in [9.17, 15) is 14.7 Å². The molecule has 0 saturated heterocycles. The average Bonchev–Trinajstić information content (AvgIpc) is 2.61. The molecule has 0 spiro atoms. The second kappa shape index (κ2) is 6.61. The standard InChI is InChI=1S/C21H18ClNO3/c22-17-4-2-1-3-15(17)13-9-18-21(19(25)10-13)16(11-20(26)23-18)12-5-7-14(24)8-6-12/h1-8,13,16,24H,9-11H2,(H,23,26)/t13-,16+/m1/s1. The zero-order valence-electron chi connectivity index (χ0n) is 14.0. The highest BCUT2D eigenvalue weighted by molar-refractivity contribution is 6.31. The van der Waals surface area contributed by atoms with Gasteiger partial charge in [0, 0.05) is 35.1 Å². The van der Waals surface area contributed by atoms with E-state index in [2.05, 4.69) is 5.32 Å². The number of amides is 1. The van der Waals surface area contributed by atoms with Crippen LogP contribution in [0.2, 0.25) is 5.02 Å². The molecule has 5 heteroatoms. The Hall–Kier alpha value is -2.59. The van der Waals surface area contributed by atoms with Crippen molar-refractivity contribution in [1.29, 1.82) is 0 Å². The number of carbonyl (C=O) groups excluding carboxylic acids is 2. The van der Waals surface area contributed by atoms with E-state index in [0.717, 1.165) is 11.1 Å². The van der Waals surface area contributed by atoms with Crippen molar-refractivity contribution < 1.29 is 14.7 Å². The predicted molar refractivity (Wildman–Crippen MR) is 99.1 cm³/mol. The van der Waals surface area contributed by atoms with Crippen LogP contribution in [0.4, 0.5) is 0 Å². The van der Waals surface area contributed by atoms with Crippen LogP contribution in [0, 0.1) is 0 Å². The van der Waals surface area contributed by atoms with Gasteiger partial charge in [-0.2, -0.15) is 0 Å². The van der Waals surface area contributed by atoms with Crippen LogP contribution in [-0.2, 0) is 9.59 Å². The molecule has 0 saturated carbocycles. The molecular formula is C21H18ClNO3. The van der Waals surface area contributed by atoms with E-state index >= 15 is 0 Å². The van der Waals surface area contributed by atoms with Crippen molar-refractivity contribution in [3.05, 3.63) is 76.0 Å². The smallest absolute Gasteiger partial charge is 0.225 e. The first-order valence-corrected chi connectivity index (χ1v) is 9.00. The maximum absolute atomic E-state index is 13.0. The minimum absolute atomic E-state index is 0.0335. The Kier molecular flexibility index (Phi) is 4.29. The van der Waals surface area contributed by atoms with Gasteiger partial charge in [0.15, 0.2) is 5.78 Å². The Morgan fingerprint density at radius 3 is 2.42 bits per heavy atom. The normalized spacial score (nSPS) is 22.8. The Balaban J connectivity index is 1.73. The molecule has 0 aromatic heterocycles. The SMILES string of the molecule is O=C1C[C@@H](c2ccc(O)cc2)C2=C(C[C@@H](c3ccccc3Cl)CC2=O)N1. The summed E-state index contributed by atoms with van der Waals surface area (Å²) in [7, 11) is 0. The molecular weight excluding hydrogens is 350 g/mol. The van der Waals surface area contributed by atoms with Crippen molar-refractivity contribution in [3.63, 3.8) is 0 Å². The van der Waals surface area contributed by atoms with Crippen molar-refractivity contribution >= 4 is 23.3 Å². The van der Waals surface area contributed by atoms with E-state index in [1.54, 1.807) is 24.3 Å². The van der Waals surface area contributed by atoms with Crippen LogP contribution in [-0.4, -0.2) is 16.8 Å². The van der Waals surface area contributed by atoms with Crippen molar-refractivity contribution in [2.45, 2.75) is 31.1 Å². The monoisotopic (exact) mass is 367 g/mol. The number of ketones is 1. The summed E-state index contributed by atoms with van der Waals surface area (Å²) in [6.07, 6.45) is 1.21. The Morgan fingerprint density at radius 2 is 1.69 bits per heavy atom. The highest BCUT2D eigenvalue weighted by Gasteiger charge is 2.38. The molecule has 4 nitrogen and oxygen atoms in total. The second-order valence-electron chi connectivity index (χ2n) is 6.84. The molecule has 1 amide bonds. The molecule has 1 aliphatic heterocycles. The van der Waals surface area contributed by atoms with Crippen LogP contribution in [0.15, 0.2) is 59.8 Å². The fourth-order valence-corrected chi connectivity index (χ4v) is 4.27. The molecule has 0 bridgehead atoms. The number of Topliss-reactive ketones (excluding diaryl/α,β-unsaturated/α-hetero) is 1. The topological polar surface area (TPSA) is 66.4 Å². The lowest BCUT2D eigenvalue weighted by Crippen LogP contribution is -2.38. The lowest BCUT2D eigenvalue weighted by Gasteiger charge is -2.34. The van der Waals surface area contributed by atoms with E-state index in [4.69, 9.17) is 11.6 Å². The molecule has 2 aromatic rings. The number of phenols is 1. The van der Waals surface area contributed by atoms with Crippen LogP contribution in [0.25, 0.3) is 0 Å². The molecule has 0 radical (unpaired) electrons. The van der Waals surface area contributed by atoms with E-state index in [1.807, 2.05) is 24.3 Å². The largest absolute Gasteiger partial charge is 0.508 e. The van der Waals surface area contributed by atoms with Gasteiger partial charge in [0.05, 0.1) is 0 Å². The third kappa shape index (κ3) is 3.01. The quantitative estimate of drug-likeness (QED) is 0.841. The number of carbonyl (C=O) groups is 2. The lowest BCUT2D eigenvalue weighted by atomic mass is 9.73. The van der Waals surface area contributed by atoms with Gasteiger partial charge in [-0.25, -0.2) is 0 Å². The van der Waals surface area contributed by atoms with Crippen LogP contribution < -0.4 is 5.32 Å². The third-order valence-corrected chi connectivity index (χ3v) is 5.52. The molecule has 26 heavy (non-hydrogen) atoms. The summed E-state index contributed by atoms with van der Waals surface area (Å²) in [4.78, 5) is 25.2. The average molecular weight is 368 g/mol. The zero-order valence-corrected chi connectivity index (χ0v) is 14.8. The van der Waals surface area contributed by atoms with Gasteiger partial charge in [0.25, 0.3) is 0 Å². The van der Waals surface area contributed by atoms with Crippen molar-refractivity contribution in [3.8, 4) is 5.75 Å². The van der Waals surface area contributed by atoms with Gasteiger partial charge in [-0.05, 0) is 41.7 Å². The number of halogens is 1. The van der Waals surface area contributed by atoms with Crippen LogP contribution in [0.1, 0.15) is 42.2 Å². The molecule has 2 aliphatic rings. The number of allylic oxidation sites excluding steroid dienone is 2. The lowest BCUT2D eigenvalue weighted by molar-refractivity contribution is -0.122. The zero-order chi connectivity index (χ0) is 18.3. The summed E-state index contributed by atoms with van der Waals surface area (Å²) in [5, 5.41) is 13.1. The first-order valence-electron chi connectivity index (χ1n) is 8.62. The maximum Gasteiger partial charge on any atom is 0.225 e. The molecule has 1 aliphatic carbocycles. The number of hydrogen-bond donors (Lipinski definition) is 2. The van der Waals surface area contributed by atoms with Crippen LogP contribution in [0.5, 0.6) is 5.75 Å². The van der Waals surface area contributed by atoms with E-state index < -0.39 is 0 Å². The minimum Gasteiger partial charge on any atom is -0.508 e. The fraction of sp³-hybridized carbons (Fsp3) is 0.238. The number of nitrogens with one attached hydrogen (secondary N) is 1. The molecule has 1 heterocycles. The summed E-state index contributed by atoms with van der Waals surface area (Å²) in [6, 6.07) is 14.3. The number of hydrogen-bond acceptors (Lipinski definition) is 3. The second-order valence-corrected chi connectivity index (χ2v) is 7.25. The summed E-state index contributed by atoms with van der Waals surface area (Å²) in [5.41, 5.74) is 3.21. The highest BCUT2D eigenvalue weighted by atomic mass is 35.5. The van der Waals surface area contributed by atoms with Crippen molar-refractivity contribution in [1.82, 2.24) is 5.32 Å². The summed E-state index contributed by atoms with van der Waals surface area (Å²) >= 11 is 6.31. The number of benzene rings is 2. The predicted octanol–water partition coefficient (Wildman–Crippen LogP) is 4.05. The number of phenolic OH excluding ortho intramolecular Hbond substituents is 1. The Labute approximate surface area is 156 Å². The molecule has 2 N–H and O–H groups in total. The molecule has 2 aromatic carbocycles. The molecule has 0 fully saturated rings. The molecule has 132 valence electrons. The summed E-state index contributed by atoms with van der Waals surface area (Å²) in [5.74, 6) is -0.173. The maximum atomic E-state index is 13.0.